The zero-order valence-electron chi connectivity index (χ0n) is 11.1. The first kappa shape index (κ1) is 12.6. The Labute approximate surface area is 120 Å². The number of benzene rings is 3. The van der Waals surface area contributed by atoms with Crippen molar-refractivity contribution in [2.45, 2.75) is 0 Å². The molecule has 0 aliphatic carbocycles. The molecule has 3 aromatic carbocycles. The van der Waals surface area contributed by atoms with Crippen molar-refractivity contribution in [2.24, 2.45) is 0 Å². The van der Waals surface area contributed by atoms with Crippen LogP contribution in [0.25, 0.3) is 0 Å². The lowest BCUT2D eigenvalue weighted by atomic mass is 9.93. The molecule has 3 rings (SSSR count). The van der Waals surface area contributed by atoms with Gasteiger partial charge in [0, 0.05) is 17.1 Å². The Kier molecular flexibility index (Phi) is 3.55. The predicted octanol–water partition coefficient (Wildman–Crippen LogP) is 3.95. The van der Waals surface area contributed by atoms with E-state index >= 15 is 0 Å². The van der Waals surface area contributed by atoms with Crippen molar-refractivity contribution in [1.29, 1.82) is 0 Å². The van der Waals surface area contributed by atoms with E-state index in [0.717, 1.165) is 22.5 Å². The van der Waals surface area contributed by atoms with Gasteiger partial charge in [-0.1, -0.05) is 60.1 Å². The number of rotatable bonds is 3. The molecule has 0 aliphatic rings. The van der Waals surface area contributed by atoms with Crippen LogP contribution in [0.3, 0.4) is 0 Å². The Morgan fingerprint density at radius 1 is 0.550 bits per heavy atom. The highest BCUT2D eigenvalue weighted by atomic mass is 15.1. The van der Waals surface area contributed by atoms with Crippen molar-refractivity contribution in [3.8, 4) is 0 Å². The van der Waals surface area contributed by atoms with Gasteiger partial charge >= 0.3 is 0 Å². The summed E-state index contributed by atoms with van der Waals surface area (Å²) in [4.78, 5) is 2.16. The second-order valence-electron chi connectivity index (χ2n) is 4.57. The van der Waals surface area contributed by atoms with E-state index in [2.05, 4.69) is 29.2 Å². The van der Waals surface area contributed by atoms with Crippen LogP contribution in [0.1, 0.15) is 0 Å². The molecule has 2 radical (unpaired) electrons. The van der Waals surface area contributed by atoms with Crippen LogP contribution in [-0.2, 0) is 0 Å². The minimum atomic E-state index is 0.764. The van der Waals surface area contributed by atoms with Crippen LogP contribution in [0.4, 0.5) is 17.1 Å². The third-order valence-corrected chi connectivity index (χ3v) is 3.21. The smallest absolute Gasteiger partial charge is 0.116 e. The summed E-state index contributed by atoms with van der Waals surface area (Å²) in [5, 5.41) is 0. The van der Waals surface area contributed by atoms with E-state index in [1.54, 1.807) is 0 Å². The number of hydrogen-bond acceptors (Lipinski definition) is 1. The zero-order chi connectivity index (χ0) is 13.8. The van der Waals surface area contributed by atoms with Gasteiger partial charge in [0.25, 0.3) is 0 Å². The van der Waals surface area contributed by atoms with Crippen LogP contribution in [0.5, 0.6) is 0 Å². The molecule has 0 bridgehead atoms. The monoisotopic (exact) mass is 255 g/mol. The van der Waals surface area contributed by atoms with Gasteiger partial charge in [-0.2, -0.15) is 0 Å². The third-order valence-electron chi connectivity index (χ3n) is 3.21. The average molecular weight is 255 g/mol. The minimum absolute atomic E-state index is 0.764. The molecule has 0 unspecified atom stereocenters. The Balaban J connectivity index is 2.17. The van der Waals surface area contributed by atoms with E-state index in [1.165, 1.54) is 0 Å². The van der Waals surface area contributed by atoms with Gasteiger partial charge < -0.3 is 4.90 Å². The Morgan fingerprint density at radius 3 is 1.50 bits per heavy atom. The molecule has 0 aliphatic heterocycles. The van der Waals surface area contributed by atoms with E-state index in [-0.39, 0.29) is 0 Å². The summed E-state index contributed by atoms with van der Waals surface area (Å²) in [5.41, 5.74) is 3.94. The van der Waals surface area contributed by atoms with Crippen LogP contribution in [0.2, 0.25) is 0 Å². The Morgan fingerprint density at radius 2 is 1.00 bits per heavy atom. The number of anilines is 3. The quantitative estimate of drug-likeness (QED) is 0.640. The van der Waals surface area contributed by atoms with Crippen molar-refractivity contribution in [2.75, 3.05) is 4.90 Å². The van der Waals surface area contributed by atoms with Gasteiger partial charge in [0.1, 0.15) is 7.85 Å². The molecule has 0 saturated carbocycles. The summed E-state index contributed by atoms with van der Waals surface area (Å²) in [6.07, 6.45) is 0. The standard InChI is InChI=1S/C18H14BN/c19-17-13-7-8-14-18(17)20(15-9-3-1-4-10-15)16-11-5-2-6-12-16/h1-14H. The Hall–Kier alpha value is -2.48. The summed E-state index contributed by atoms with van der Waals surface area (Å²) in [6, 6.07) is 28.4. The second-order valence-corrected chi connectivity index (χ2v) is 4.57. The fourth-order valence-corrected chi connectivity index (χ4v) is 2.27. The maximum absolute atomic E-state index is 6.15. The molecule has 94 valence electrons. The largest absolute Gasteiger partial charge is 0.311 e. The zero-order valence-corrected chi connectivity index (χ0v) is 11.1. The fourth-order valence-electron chi connectivity index (χ4n) is 2.27. The van der Waals surface area contributed by atoms with E-state index in [9.17, 15) is 0 Å². The van der Waals surface area contributed by atoms with Gasteiger partial charge in [0.15, 0.2) is 0 Å². The first-order valence-electron chi connectivity index (χ1n) is 6.61. The lowest BCUT2D eigenvalue weighted by Crippen LogP contribution is -2.18. The fraction of sp³-hybridized carbons (Fsp3) is 0. The van der Waals surface area contributed by atoms with Crippen molar-refractivity contribution in [3.63, 3.8) is 0 Å². The van der Waals surface area contributed by atoms with Gasteiger partial charge in [0.05, 0.1) is 0 Å². The van der Waals surface area contributed by atoms with Crippen LogP contribution < -0.4 is 10.4 Å². The predicted molar refractivity (Wildman–Crippen MR) is 86.5 cm³/mol. The number of nitrogens with zero attached hydrogens (tertiary/aromatic N) is 1. The highest BCUT2D eigenvalue weighted by Gasteiger charge is 2.12. The van der Waals surface area contributed by atoms with Gasteiger partial charge in [-0.05, 0) is 30.3 Å². The first-order valence-corrected chi connectivity index (χ1v) is 6.61. The molecule has 0 heterocycles. The second kappa shape index (κ2) is 5.66. The topological polar surface area (TPSA) is 3.24 Å². The molecule has 20 heavy (non-hydrogen) atoms. The van der Waals surface area contributed by atoms with E-state index in [1.807, 2.05) is 60.7 Å². The van der Waals surface area contributed by atoms with Crippen LogP contribution in [0, 0.1) is 0 Å². The summed E-state index contributed by atoms with van der Waals surface area (Å²) in [7, 11) is 6.15. The van der Waals surface area contributed by atoms with Crippen molar-refractivity contribution in [1.82, 2.24) is 0 Å². The molecular weight excluding hydrogens is 241 g/mol. The molecule has 1 nitrogen and oxygen atoms in total. The lowest BCUT2D eigenvalue weighted by Gasteiger charge is -2.27. The minimum Gasteiger partial charge on any atom is -0.311 e. The van der Waals surface area contributed by atoms with Gasteiger partial charge in [-0.3, -0.25) is 0 Å². The van der Waals surface area contributed by atoms with Crippen molar-refractivity contribution in [3.05, 3.63) is 84.9 Å². The molecule has 0 aromatic heterocycles. The normalized spacial score (nSPS) is 10.2. The highest BCUT2D eigenvalue weighted by Crippen LogP contribution is 2.32. The molecule has 0 fully saturated rings. The lowest BCUT2D eigenvalue weighted by molar-refractivity contribution is 1.29. The van der Waals surface area contributed by atoms with E-state index in [0.29, 0.717) is 0 Å². The SMILES string of the molecule is [B]c1ccccc1N(c1ccccc1)c1ccccc1. The van der Waals surface area contributed by atoms with Crippen LogP contribution in [-0.4, -0.2) is 7.85 Å². The molecule has 0 saturated heterocycles. The van der Waals surface area contributed by atoms with Gasteiger partial charge in [-0.15, -0.1) is 0 Å². The molecule has 0 N–H and O–H groups in total. The molecular formula is C18H14BN. The molecule has 0 atom stereocenters. The summed E-state index contributed by atoms with van der Waals surface area (Å²) < 4.78 is 0. The summed E-state index contributed by atoms with van der Waals surface area (Å²) >= 11 is 0. The summed E-state index contributed by atoms with van der Waals surface area (Å²) in [5.74, 6) is 0. The van der Waals surface area contributed by atoms with Crippen LogP contribution >= 0.6 is 0 Å². The van der Waals surface area contributed by atoms with Gasteiger partial charge in [-0.25, -0.2) is 0 Å². The van der Waals surface area contributed by atoms with Crippen LogP contribution in [0.15, 0.2) is 84.9 Å². The van der Waals surface area contributed by atoms with Crippen molar-refractivity contribution < 1.29 is 0 Å². The molecule has 3 aromatic rings. The first-order chi connectivity index (χ1) is 9.86. The number of para-hydroxylation sites is 3. The van der Waals surface area contributed by atoms with E-state index < -0.39 is 0 Å². The molecule has 2 heteroatoms. The number of hydrogen-bond donors (Lipinski definition) is 0. The molecule has 0 spiro atoms. The van der Waals surface area contributed by atoms with E-state index in [4.69, 9.17) is 7.85 Å². The third kappa shape index (κ3) is 2.46. The molecule has 0 amide bonds. The van der Waals surface area contributed by atoms with Gasteiger partial charge in [0.2, 0.25) is 0 Å². The Bertz CT molecular complexity index is 641. The maximum atomic E-state index is 6.15. The summed E-state index contributed by atoms with van der Waals surface area (Å²) in [6.45, 7) is 0. The average Bonchev–Trinajstić information content (AvgIpc) is 2.52. The highest BCUT2D eigenvalue weighted by molar-refractivity contribution is 6.36. The van der Waals surface area contributed by atoms with Crippen molar-refractivity contribution >= 4 is 30.4 Å². The maximum Gasteiger partial charge on any atom is 0.116 e.